The molecule has 5 aromatic rings. The van der Waals surface area contributed by atoms with E-state index in [0.717, 1.165) is 64.1 Å². The molecule has 0 radical (unpaired) electrons. The minimum atomic E-state index is -0.539. The topological polar surface area (TPSA) is 112 Å². The lowest BCUT2D eigenvalue weighted by molar-refractivity contribution is 0.0448. The highest BCUT2D eigenvalue weighted by atomic mass is 32.2. The summed E-state index contributed by atoms with van der Waals surface area (Å²) < 4.78 is 14.7. The van der Waals surface area contributed by atoms with Crippen molar-refractivity contribution in [2.24, 2.45) is 0 Å². The Kier molecular flexibility index (Phi) is 7.63. The number of benzene rings is 1. The van der Waals surface area contributed by atoms with Gasteiger partial charge in [0, 0.05) is 37.2 Å². The minimum absolute atomic E-state index is 0.357. The number of nitrogens with zero attached hydrogens (tertiary/aromatic N) is 7. The van der Waals surface area contributed by atoms with Crippen molar-refractivity contribution >= 4 is 40.5 Å². The molecule has 4 aromatic heterocycles. The molecule has 0 bridgehead atoms. The van der Waals surface area contributed by atoms with Gasteiger partial charge in [-0.25, -0.2) is 24.4 Å². The fourth-order valence-electron chi connectivity index (χ4n) is 5.15. The van der Waals surface area contributed by atoms with Crippen molar-refractivity contribution < 1.29 is 14.3 Å². The van der Waals surface area contributed by atoms with E-state index in [1.807, 2.05) is 84.8 Å². The van der Waals surface area contributed by atoms with Crippen LogP contribution < -0.4 is 15.0 Å². The Morgan fingerprint density at radius 3 is 2.56 bits per heavy atom. The summed E-state index contributed by atoms with van der Waals surface area (Å²) in [5, 5.41) is 8.84. The molecular formula is C31H36N8O3S. The summed E-state index contributed by atoms with van der Waals surface area (Å²) in [4.78, 5) is 30.2. The fourth-order valence-corrected chi connectivity index (χ4v) is 6.14. The summed E-state index contributed by atoms with van der Waals surface area (Å²) in [5.74, 6) is 1.59. The van der Waals surface area contributed by atoms with Gasteiger partial charge < -0.3 is 24.1 Å². The van der Waals surface area contributed by atoms with Gasteiger partial charge in [0.2, 0.25) is 0 Å². The van der Waals surface area contributed by atoms with E-state index in [-0.39, 0.29) is 11.6 Å². The second-order valence-electron chi connectivity index (χ2n) is 12.0. The number of pyridine rings is 1. The molecule has 1 N–H and O–H groups in total. The molecule has 12 heteroatoms. The smallest absolute Gasteiger partial charge is 0.408 e. The van der Waals surface area contributed by atoms with Crippen LogP contribution in [-0.2, 0) is 11.3 Å². The number of rotatable bonds is 7. The van der Waals surface area contributed by atoms with Crippen LogP contribution in [0.4, 0.5) is 10.6 Å². The maximum atomic E-state index is 12.5. The van der Waals surface area contributed by atoms with E-state index in [2.05, 4.69) is 22.1 Å². The predicted molar refractivity (Wildman–Crippen MR) is 166 cm³/mol. The maximum absolute atomic E-state index is 12.5. The van der Waals surface area contributed by atoms with Gasteiger partial charge in [-0.05, 0) is 70.4 Å². The Bertz CT molecular complexity index is 1750. The summed E-state index contributed by atoms with van der Waals surface area (Å²) >= 11 is 1.54. The van der Waals surface area contributed by atoms with Crippen LogP contribution in [0.1, 0.15) is 46.1 Å². The van der Waals surface area contributed by atoms with Crippen LogP contribution in [0, 0.1) is 0 Å². The minimum Gasteiger partial charge on any atom is -0.497 e. The zero-order chi connectivity index (χ0) is 30.2. The van der Waals surface area contributed by atoms with Gasteiger partial charge in [-0.15, -0.1) is 0 Å². The van der Waals surface area contributed by atoms with E-state index in [1.165, 1.54) is 11.8 Å². The van der Waals surface area contributed by atoms with E-state index in [0.29, 0.717) is 12.2 Å². The van der Waals surface area contributed by atoms with Crippen LogP contribution in [0.5, 0.6) is 5.75 Å². The van der Waals surface area contributed by atoms with Crippen LogP contribution in [0.3, 0.4) is 0 Å². The quantitative estimate of drug-likeness (QED) is 0.256. The van der Waals surface area contributed by atoms with Gasteiger partial charge >= 0.3 is 6.09 Å². The van der Waals surface area contributed by atoms with Gasteiger partial charge in [0.15, 0.2) is 16.3 Å². The first kappa shape index (κ1) is 28.8. The van der Waals surface area contributed by atoms with E-state index in [1.54, 1.807) is 13.3 Å². The number of anilines is 1. The van der Waals surface area contributed by atoms with Crippen molar-refractivity contribution in [1.82, 2.24) is 34.4 Å². The third-order valence-corrected chi connectivity index (χ3v) is 8.48. The summed E-state index contributed by atoms with van der Waals surface area (Å²) in [5.41, 5.74) is 2.50. The van der Waals surface area contributed by atoms with E-state index < -0.39 is 5.60 Å². The normalized spacial score (nSPS) is 15.1. The van der Waals surface area contributed by atoms with E-state index in [9.17, 15) is 4.79 Å². The lowest BCUT2D eigenvalue weighted by Gasteiger charge is -2.40. The van der Waals surface area contributed by atoms with Crippen molar-refractivity contribution in [2.75, 3.05) is 25.1 Å². The SMILES string of the molecule is COc1ccc(Cn2nc(Sc3cccn4ccnc34)c3ncc(N4CCC(C)(NC(=O)OC(C)(C)C)CC4)nc32)cc1. The monoisotopic (exact) mass is 600 g/mol. The molecule has 0 saturated carbocycles. The van der Waals surface area contributed by atoms with Gasteiger partial charge in [0.05, 0.1) is 24.7 Å². The van der Waals surface area contributed by atoms with Crippen molar-refractivity contribution in [3.05, 3.63) is 66.7 Å². The van der Waals surface area contributed by atoms with Gasteiger partial charge in [0.1, 0.15) is 22.7 Å². The van der Waals surface area contributed by atoms with Gasteiger partial charge in [-0.2, -0.15) is 5.10 Å². The van der Waals surface area contributed by atoms with Crippen molar-refractivity contribution in [3.63, 3.8) is 0 Å². The third kappa shape index (κ3) is 6.38. The fraction of sp³-hybridized carbons (Fsp3) is 0.387. The molecule has 0 unspecified atom stereocenters. The van der Waals surface area contributed by atoms with Crippen LogP contribution in [0.15, 0.2) is 71.1 Å². The highest BCUT2D eigenvalue weighted by Gasteiger charge is 2.34. The molecule has 0 aliphatic carbocycles. The highest BCUT2D eigenvalue weighted by molar-refractivity contribution is 7.99. The molecule has 0 atom stereocenters. The molecular weight excluding hydrogens is 564 g/mol. The standard InChI is InChI=1S/C31H36N8O3S/c1-30(2,3)42-29(40)35-31(4)12-16-37(17-13-31)24-19-33-25-27(34-24)39(20-21-8-10-22(41-5)11-9-21)36-28(25)43-23-7-6-15-38-18-14-32-26(23)38/h6-11,14-15,18-19H,12-13,16-17,20H2,1-5H3,(H,35,40). The van der Waals surface area contributed by atoms with Crippen molar-refractivity contribution in [2.45, 2.75) is 68.1 Å². The summed E-state index contributed by atoms with van der Waals surface area (Å²) in [6, 6.07) is 12.0. The first-order valence-electron chi connectivity index (χ1n) is 14.3. The van der Waals surface area contributed by atoms with Crippen LogP contribution >= 0.6 is 11.8 Å². The zero-order valence-electron chi connectivity index (χ0n) is 25.1. The molecule has 43 heavy (non-hydrogen) atoms. The number of ether oxygens (including phenoxy) is 2. The molecule has 1 aliphatic rings. The Hall–Kier alpha value is -4.32. The number of piperidine rings is 1. The third-order valence-electron chi connectivity index (χ3n) is 7.48. The van der Waals surface area contributed by atoms with Gasteiger partial charge in [0.25, 0.3) is 0 Å². The average Bonchev–Trinajstić information content (AvgIpc) is 3.58. The number of carbonyl (C=O) groups excluding carboxylic acids is 1. The maximum Gasteiger partial charge on any atom is 0.408 e. The molecule has 11 nitrogen and oxygen atoms in total. The Morgan fingerprint density at radius 2 is 1.84 bits per heavy atom. The molecule has 5 heterocycles. The molecule has 1 aromatic carbocycles. The Morgan fingerprint density at radius 1 is 1.07 bits per heavy atom. The number of hydrogen-bond acceptors (Lipinski definition) is 9. The number of methoxy groups -OCH3 is 1. The molecule has 1 fully saturated rings. The Labute approximate surface area is 254 Å². The molecule has 1 saturated heterocycles. The summed E-state index contributed by atoms with van der Waals surface area (Å²) in [7, 11) is 1.66. The summed E-state index contributed by atoms with van der Waals surface area (Å²) in [6.07, 6.45) is 8.65. The number of aromatic nitrogens is 6. The summed E-state index contributed by atoms with van der Waals surface area (Å²) in [6.45, 7) is 9.65. The second-order valence-corrected chi connectivity index (χ2v) is 13.0. The number of fused-ring (bicyclic) bond motifs is 2. The number of amides is 1. The molecule has 6 rings (SSSR count). The Balaban J connectivity index is 1.28. The van der Waals surface area contributed by atoms with Crippen LogP contribution in [-0.4, -0.2) is 66.6 Å². The molecule has 1 amide bonds. The largest absolute Gasteiger partial charge is 0.497 e. The second kappa shape index (κ2) is 11.4. The van der Waals surface area contributed by atoms with Crippen molar-refractivity contribution in [3.8, 4) is 5.75 Å². The van der Waals surface area contributed by atoms with Gasteiger partial charge in [-0.3, -0.25) is 0 Å². The predicted octanol–water partition coefficient (Wildman–Crippen LogP) is 5.57. The number of alkyl carbamates (subject to hydrolysis) is 1. The molecule has 1 aliphatic heterocycles. The first-order chi connectivity index (χ1) is 20.6. The van der Waals surface area contributed by atoms with E-state index in [4.69, 9.17) is 24.5 Å². The zero-order valence-corrected chi connectivity index (χ0v) is 25.9. The number of hydrogen-bond donors (Lipinski definition) is 1. The number of imidazole rings is 1. The average molecular weight is 601 g/mol. The number of nitrogens with one attached hydrogen (secondary N) is 1. The van der Waals surface area contributed by atoms with Crippen LogP contribution in [0.25, 0.3) is 16.8 Å². The lowest BCUT2D eigenvalue weighted by atomic mass is 9.90. The lowest BCUT2D eigenvalue weighted by Crippen LogP contribution is -2.54. The first-order valence-corrected chi connectivity index (χ1v) is 15.1. The molecule has 0 spiro atoms. The highest BCUT2D eigenvalue weighted by Crippen LogP contribution is 2.35. The van der Waals surface area contributed by atoms with Crippen LogP contribution in [0.2, 0.25) is 0 Å². The van der Waals surface area contributed by atoms with Crippen molar-refractivity contribution in [1.29, 1.82) is 0 Å². The molecule has 224 valence electrons. The van der Waals surface area contributed by atoms with E-state index >= 15 is 0 Å². The van der Waals surface area contributed by atoms with Gasteiger partial charge in [-0.1, -0.05) is 23.9 Å². The number of carbonyl (C=O) groups is 1.